The predicted octanol–water partition coefficient (Wildman–Crippen LogP) is 2.44. The van der Waals surface area contributed by atoms with Gasteiger partial charge in [-0.15, -0.1) is 0 Å². The summed E-state index contributed by atoms with van der Waals surface area (Å²) in [5.74, 6) is 0.734. The molecule has 3 saturated carbocycles. The van der Waals surface area contributed by atoms with Crippen LogP contribution in [-0.2, 0) is 9.59 Å². The lowest BCUT2D eigenvalue weighted by atomic mass is 9.46. The van der Waals surface area contributed by atoms with Gasteiger partial charge in [0.1, 0.15) is 6.61 Å². The zero-order valence-electron chi connectivity index (χ0n) is 15.1. The summed E-state index contributed by atoms with van der Waals surface area (Å²) >= 11 is 0. The number of aliphatic hydroxyl groups is 2. The maximum absolute atomic E-state index is 12.3. The minimum absolute atomic E-state index is 0.0514. The lowest BCUT2D eigenvalue weighted by molar-refractivity contribution is -0.141. The van der Waals surface area contributed by atoms with Crippen molar-refractivity contribution in [2.45, 2.75) is 52.1 Å². The Kier molecular flexibility index (Phi) is 3.86. The molecule has 3 fully saturated rings. The zero-order chi connectivity index (χ0) is 18.0. The second-order valence-corrected chi connectivity index (χ2v) is 9.05. The first-order chi connectivity index (χ1) is 11.8. The molecular formula is C21H28O4. The molecule has 25 heavy (non-hydrogen) atoms. The highest BCUT2D eigenvalue weighted by Gasteiger charge is 2.62. The Morgan fingerprint density at radius 3 is 2.76 bits per heavy atom. The van der Waals surface area contributed by atoms with Crippen LogP contribution >= 0.6 is 0 Å². The summed E-state index contributed by atoms with van der Waals surface area (Å²) in [6, 6.07) is 0. The van der Waals surface area contributed by atoms with Gasteiger partial charge in [0.15, 0.2) is 11.6 Å². The third-order valence-electron chi connectivity index (χ3n) is 8.04. The fraction of sp³-hybridized carbons (Fsp3) is 0.714. The first-order valence-corrected chi connectivity index (χ1v) is 9.57. The number of hydrogen-bond acceptors (Lipinski definition) is 4. The molecule has 4 nitrogen and oxygen atoms in total. The molecular weight excluding hydrogens is 316 g/mol. The van der Waals surface area contributed by atoms with Crippen LogP contribution in [0.5, 0.6) is 0 Å². The van der Waals surface area contributed by atoms with Crippen LogP contribution in [0.3, 0.4) is 0 Å². The number of carbonyl (C=O) groups is 2. The van der Waals surface area contributed by atoms with E-state index in [0.29, 0.717) is 18.3 Å². The van der Waals surface area contributed by atoms with Crippen LogP contribution in [-0.4, -0.2) is 34.5 Å². The van der Waals surface area contributed by atoms with Gasteiger partial charge in [0.05, 0.1) is 6.10 Å². The summed E-state index contributed by atoms with van der Waals surface area (Å²) < 4.78 is 0. The standard InChI is InChI=1S/C21H28O4/c1-20-8-7-13(23)9-12(20)3-4-14-15-5-6-16(18(25)11-22)21(15,2)10-17(24)19(14)20/h7-9,14-17,19,22,24H,3-6,10-11H2,1-2H3/t14-,15?,16?,17?,19?,20?,21?/m0/s1. The highest BCUT2D eigenvalue weighted by atomic mass is 16.3. The van der Waals surface area contributed by atoms with Crippen LogP contribution in [0, 0.1) is 34.5 Å². The van der Waals surface area contributed by atoms with Gasteiger partial charge in [0.25, 0.3) is 0 Å². The van der Waals surface area contributed by atoms with Gasteiger partial charge in [0, 0.05) is 17.3 Å². The first-order valence-electron chi connectivity index (χ1n) is 9.57. The molecule has 0 aromatic carbocycles. The summed E-state index contributed by atoms with van der Waals surface area (Å²) in [4.78, 5) is 24.1. The smallest absolute Gasteiger partial charge is 0.178 e. The monoisotopic (exact) mass is 344 g/mol. The molecule has 0 aromatic heterocycles. The molecule has 4 aliphatic rings. The van der Waals surface area contributed by atoms with E-state index in [4.69, 9.17) is 0 Å². The first kappa shape index (κ1) is 17.2. The molecule has 0 radical (unpaired) electrons. The Bertz CT molecular complexity index is 677. The number of allylic oxidation sites excluding steroid dienone is 4. The quantitative estimate of drug-likeness (QED) is 0.807. The van der Waals surface area contributed by atoms with E-state index in [9.17, 15) is 19.8 Å². The third kappa shape index (κ3) is 2.26. The molecule has 0 saturated heterocycles. The van der Waals surface area contributed by atoms with Crippen molar-refractivity contribution >= 4 is 11.6 Å². The zero-order valence-corrected chi connectivity index (χ0v) is 15.1. The summed E-state index contributed by atoms with van der Waals surface area (Å²) in [5, 5.41) is 20.5. The maximum atomic E-state index is 12.3. The summed E-state index contributed by atoms with van der Waals surface area (Å²) in [6.45, 7) is 3.92. The minimum Gasteiger partial charge on any atom is -0.393 e. The maximum Gasteiger partial charge on any atom is 0.178 e. The molecule has 0 amide bonds. The van der Waals surface area contributed by atoms with Crippen LogP contribution in [0.2, 0.25) is 0 Å². The number of fused-ring (bicyclic) bond motifs is 5. The molecule has 2 N–H and O–H groups in total. The Labute approximate surface area is 149 Å². The third-order valence-corrected chi connectivity index (χ3v) is 8.04. The lowest BCUT2D eigenvalue weighted by Gasteiger charge is -2.58. The highest BCUT2D eigenvalue weighted by Crippen LogP contribution is 2.65. The topological polar surface area (TPSA) is 74.6 Å². The predicted molar refractivity (Wildman–Crippen MR) is 93.6 cm³/mol. The van der Waals surface area contributed by atoms with Gasteiger partial charge in [-0.3, -0.25) is 9.59 Å². The van der Waals surface area contributed by atoms with Crippen molar-refractivity contribution in [2.24, 2.45) is 34.5 Å². The van der Waals surface area contributed by atoms with Crippen molar-refractivity contribution in [1.82, 2.24) is 0 Å². The van der Waals surface area contributed by atoms with Gasteiger partial charge in [-0.1, -0.05) is 25.5 Å². The number of aliphatic hydroxyl groups excluding tert-OH is 2. The number of carbonyl (C=O) groups excluding carboxylic acids is 2. The largest absolute Gasteiger partial charge is 0.393 e. The summed E-state index contributed by atoms with van der Waals surface area (Å²) in [5.41, 5.74) is 0.688. The van der Waals surface area contributed by atoms with Crippen LogP contribution in [0.25, 0.3) is 0 Å². The van der Waals surface area contributed by atoms with Crippen LogP contribution < -0.4 is 0 Å². The summed E-state index contributed by atoms with van der Waals surface area (Å²) in [6.07, 6.45) is 9.25. The highest BCUT2D eigenvalue weighted by molar-refractivity contribution is 6.01. The average molecular weight is 344 g/mol. The van der Waals surface area contributed by atoms with Gasteiger partial charge < -0.3 is 10.2 Å². The molecule has 4 heteroatoms. The Hall–Kier alpha value is -1.26. The minimum atomic E-state index is -0.482. The summed E-state index contributed by atoms with van der Waals surface area (Å²) in [7, 11) is 0. The van der Waals surface area contributed by atoms with Crippen molar-refractivity contribution in [3.63, 3.8) is 0 Å². The fourth-order valence-electron chi connectivity index (χ4n) is 6.96. The van der Waals surface area contributed by atoms with Gasteiger partial charge in [-0.2, -0.15) is 0 Å². The van der Waals surface area contributed by atoms with E-state index in [1.807, 2.05) is 6.08 Å². The SMILES string of the molecule is CC12C=CC(=O)C=C1CC[C@@H]1C2C(O)CC2(C)C(C(=O)CO)CCC12. The number of hydrogen-bond donors (Lipinski definition) is 2. The Morgan fingerprint density at radius 1 is 1.28 bits per heavy atom. The second-order valence-electron chi connectivity index (χ2n) is 9.05. The normalized spacial score (nSPS) is 48.4. The molecule has 6 unspecified atom stereocenters. The van der Waals surface area contributed by atoms with Crippen molar-refractivity contribution in [3.05, 3.63) is 23.8 Å². The van der Waals surface area contributed by atoms with Crippen molar-refractivity contribution in [2.75, 3.05) is 6.61 Å². The van der Waals surface area contributed by atoms with Gasteiger partial charge in [-0.25, -0.2) is 0 Å². The molecule has 7 atom stereocenters. The molecule has 0 aromatic rings. The molecule has 136 valence electrons. The molecule has 0 aliphatic heterocycles. The van der Waals surface area contributed by atoms with E-state index < -0.39 is 12.7 Å². The Morgan fingerprint density at radius 2 is 2.04 bits per heavy atom. The number of rotatable bonds is 2. The lowest BCUT2D eigenvalue weighted by Crippen LogP contribution is -2.56. The van der Waals surface area contributed by atoms with Crippen LogP contribution in [0.1, 0.15) is 46.0 Å². The number of Topliss-reactive ketones (excluding diaryl/α,β-unsaturated/α-hetero) is 1. The van der Waals surface area contributed by atoms with Gasteiger partial charge in [-0.05, 0) is 61.5 Å². The molecule has 4 aliphatic carbocycles. The van der Waals surface area contributed by atoms with Crippen LogP contribution in [0.15, 0.2) is 23.8 Å². The van der Waals surface area contributed by atoms with Crippen molar-refractivity contribution < 1.29 is 19.8 Å². The van der Waals surface area contributed by atoms with E-state index in [1.54, 1.807) is 12.2 Å². The van der Waals surface area contributed by atoms with Crippen molar-refractivity contribution in [3.8, 4) is 0 Å². The van der Waals surface area contributed by atoms with Gasteiger partial charge >= 0.3 is 0 Å². The van der Waals surface area contributed by atoms with E-state index in [-0.39, 0.29) is 34.2 Å². The van der Waals surface area contributed by atoms with E-state index in [2.05, 4.69) is 13.8 Å². The van der Waals surface area contributed by atoms with E-state index in [0.717, 1.165) is 31.3 Å². The number of ketones is 2. The molecule has 0 spiro atoms. The van der Waals surface area contributed by atoms with E-state index >= 15 is 0 Å². The van der Waals surface area contributed by atoms with E-state index in [1.165, 1.54) is 0 Å². The molecule has 0 heterocycles. The molecule has 0 bridgehead atoms. The second kappa shape index (κ2) is 5.62. The Balaban J connectivity index is 1.71. The average Bonchev–Trinajstić information content (AvgIpc) is 2.91. The van der Waals surface area contributed by atoms with Crippen molar-refractivity contribution in [1.29, 1.82) is 0 Å². The fourth-order valence-corrected chi connectivity index (χ4v) is 6.96. The molecule has 4 rings (SSSR count). The van der Waals surface area contributed by atoms with Crippen LogP contribution in [0.4, 0.5) is 0 Å². The van der Waals surface area contributed by atoms with Gasteiger partial charge in [0.2, 0.25) is 0 Å².